The van der Waals surface area contributed by atoms with Gasteiger partial charge in [0.1, 0.15) is 11.8 Å². The monoisotopic (exact) mass is 444 g/mol. The first-order valence-electron chi connectivity index (χ1n) is 11.3. The lowest BCUT2D eigenvalue weighted by atomic mass is 10.0. The zero-order valence-corrected chi connectivity index (χ0v) is 19.5. The summed E-state index contributed by atoms with van der Waals surface area (Å²) in [6.07, 6.45) is 0.727. The molecule has 1 N–H and O–H groups in total. The molecule has 0 aliphatic carbocycles. The van der Waals surface area contributed by atoms with E-state index >= 15 is 0 Å². The molecule has 3 rings (SSSR count). The van der Waals surface area contributed by atoms with Crippen LogP contribution in [0.2, 0.25) is 0 Å². The van der Waals surface area contributed by atoms with E-state index in [1.54, 1.807) is 12.0 Å². The maximum absolute atomic E-state index is 13.5. The van der Waals surface area contributed by atoms with Gasteiger partial charge < -0.3 is 15.0 Å². The van der Waals surface area contributed by atoms with Crippen molar-refractivity contribution in [1.82, 2.24) is 10.2 Å². The number of rotatable bonds is 10. The molecule has 0 heterocycles. The summed E-state index contributed by atoms with van der Waals surface area (Å²) in [6.45, 7) is 4.54. The molecule has 5 heteroatoms. The van der Waals surface area contributed by atoms with Crippen LogP contribution < -0.4 is 10.1 Å². The molecule has 0 radical (unpaired) electrons. The van der Waals surface area contributed by atoms with Gasteiger partial charge in [-0.05, 0) is 35.2 Å². The average molecular weight is 445 g/mol. The summed E-state index contributed by atoms with van der Waals surface area (Å²) in [5.74, 6) is 0.253. The van der Waals surface area contributed by atoms with Gasteiger partial charge in [0.15, 0.2) is 0 Å². The molecule has 33 heavy (non-hydrogen) atoms. The van der Waals surface area contributed by atoms with Gasteiger partial charge in [-0.25, -0.2) is 0 Å². The molecule has 5 nitrogen and oxygen atoms in total. The third-order valence-electron chi connectivity index (χ3n) is 5.52. The van der Waals surface area contributed by atoms with Gasteiger partial charge in [0.05, 0.1) is 7.11 Å². The molecule has 0 saturated heterocycles. The third kappa shape index (κ3) is 6.69. The van der Waals surface area contributed by atoms with Crippen LogP contribution in [0.5, 0.6) is 5.75 Å². The summed E-state index contributed by atoms with van der Waals surface area (Å²) in [7, 11) is 1.62. The van der Waals surface area contributed by atoms with Crippen molar-refractivity contribution in [2.24, 2.45) is 5.92 Å². The SMILES string of the molecule is COc1ccc(CN(C(=O)C(C)C)C(C(=O)NCCc2ccccc2)c2ccccc2)cc1. The van der Waals surface area contributed by atoms with Crippen molar-refractivity contribution in [3.63, 3.8) is 0 Å². The maximum Gasteiger partial charge on any atom is 0.247 e. The van der Waals surface area contributed by atoms with E-state index in [2.05, 4.69) is 5.32 Å². The highest BCUT2D eigenvalue weighted by molar-refractivity contribution is 5.89. The highest BCUT2D eigenvalue weighted by Crippen LogP contribution is 2.26. The normalized spacial score (nSPS) is 11.6. The number of carbonyl (C=O) groups is 2. The van der Waals surface area contributed by atoms with Crippen LogP contribution in [0.3, 0.4) is 0 Å². The first-order chi connectivity index (χ1) is 16.0. The Hall–Kier alpha value is -3.60. The standard InChI is InChI=1S/C28H32N2O3/c1-21(2)28(32)30(20-23-14-16-25(33-3)17-15-23)26(24-12-8-5-9-13-24)27(31)29-19-18-22-10-6-4-7-11-22/h4-17,21,26H,18-20H2,1-3H3,(H,29,31). The molecule has 1 unspecified atom stereocenters. The molecule has 0 bridgehead atoms. The summed E-state index contributed by atoms with van der Waals surface area (Å²) in [6, 6.07) is 26.4. The Labute approximate surface area is 196 Å². The fourth-order valence-electron chi connectivity index (χ4n) is 3.74. The summed E-state index contributed by atoms with van der Waals surface area (Å²) in [4.78, 5) is 28.5. The van der Waals surface area contributed by atoms with Crippen molar-refractivity contribution < 1.29 is 14.3 Å². The number of benzene rings is 3. The number of nitrogens with zero attached hydrogens (tertiary/aromatic N) is 1. The van der Waals surface area contributed by atoms with Gasteiger partial charge >= 0.3 is 0 Å². The van der Waals surface area contributed by atoms with Crippen molar-refractivity contribution >= 4 is 11.8 Å². The Morgan fingerprint density at radius 1 is 0.848 bits per heavy atom. The lowest BCUT2D eigenvalue weighted by Crippen LogP contribution is -2.45. The van der Waals surface area contributed by atoms with Crippen molar-refractivity contribution in [2.45, 2.75) is 32.9 Å². The molecule has 0 aliphatic rings. The highest BCUT2D eigenvalue weighted by atomic mass is 16.5. The number of hydrogen-bond donors (Lipinski definition) is 1. The van der Waals surface area contributed by atoms with E-state index in [-0.39, 0.29) is 17.7 Å². The zero-order valence-electron chi connectivity index (χ0n) is 19.5. The topological polar surface area (TPSA) is 58.6 Å². The fraction of sp³-hybridized carbons (Fsp3) is 0.286. The number of ether oxygens (including phenoxy) is 1. The van der Waals surface area contributed by atoms with E-state index in [1.807, 2.05) is 98.8 Å². The smallest absolute Gasteiger partial charge is 0.247 e. The fourth-order valence-corrected chi connectivity index (χ4v) is 3.74. The molecule has 2 amide bonds. The highest BCUT2D eigenvalue weighted by Gasteiger charge is 2.32. The lowest BCUT2D eigenvalue weighted by Gasteiger charge is -2.33. The van der Waals surface area contributed by atoms with Gasteiger partial charge in [-0.1, -0.05) is 86.6 Å². The van der Waals surface area contributed by atoms with Gasteiger partial charge in [-0.15, -0.1) is 0 Å². The van der Waals surface area contributed by atoms with Crippen LogP contribution in [0.15, 0.2) is 84.9 Å². The van der Waals surface area contributed by atoms with E-state index in [0.717, 1.165) is 28.9 Å². The average Bonchev–Trinajstić information content (AvgIpc) is 2.85. The Kier molecular flexibility index (Phi) is 8.64. The van der Waals surface area contributed by atoms with E-state index in [1.165, 1.54) is 0 Å². The largest absolute Gasteiger partial charge is 0.497 e. The van der Waals surface area contributed by atoms with Crippen LogP contribution >= 0.6 is 0 Å². The molecular formula is C28H32N2O3. The van der Waals surface area contributed by atoms with E-state index in [9.17, 15) is 9.59 Å². The summed E-state index contributed by atoms with van der Waals surface area (Å²) in [5.41, 5.74) is 2.88. The number of methoxy groups -OCH3 is 1. The van der Waals surface area contributed by atoms with Gasteiger partial charge in [0, 0.05) is 19.0 Å². The molecular weight excluding hydrogens is 412 g/mol. The molecule has 3 aromatic carbocycles. The van der Waals surface area contributed by atoms with Crippen LogP contribution in [0.4, 0.5) is 0 Å². The lowest BCUT2D eigenvalue weighted by molar-refractivity contribution is -0.144. The van der Waals surface area contributed by atoms with Crippen molar-refractivity contribution in [1.29, 1.82) is 0 Å². The van der Waals surface area contributed by atoms with E-state index in [4.69, 9.17) is 4.74 Å². The molecule has 0 aromatic heterocycles. The first kappa shape index (κ1) is 24.1. The summed E-state index contributed by atoms with van der Waals surface area (Å²) >= 11 is 0. The Balaban J connectivity index is 1.86. The Morgan fingerprint density at radius 3 is 2.03 bits per heavy atom. The van der Waals surface area contributed by atoms with Crippen LogP contribution in [-0.2, 0) is 22.6 Å². The molecule has 1 atom stereocenters. The quantitative estimate of drug-likeness (QED) is 0.490. The van der Waals surface area contributed by atoms with Crippen LogP contribution in [0.25, 0.3) is 0 Å². The van der Waals surface area contributed by atoms with E-state index in [0.29, 0.717) is 13.1 Å². The van der Waals surface area contributed by atoms with Crippen molar-refractivity contribution in [2.75, 3.05) is 13.7 Å². The van der Waals surface area contributed by atoms with E-state index < -0.39 is 6.04 Å². The molecule has 0 fully saturated rings. The predicted molar refractivity (Wildman–Crippen MR) is 131 cm³/mol. The minimum Gasteiger partial charge on any atom is -0.497 e. The second-order valence-corrected chi connectivity index (χ2v) is 8.31. The third-order valence-corrected chi connectivity index (χ3v) is 5.52. The van der Waals surface area contributed by atoms with Crippen LogP contribution in [0, 0.1) is 5.92 Å². The predicted octanol–water partition coefficient (Wildman–Crippen LogP) is 4.78. The number of carbonyl (C=O) groups excluding carboxylic acids is 2. The molecule has 172 valence electrons. The number of amides is 2. The number of hydrogen-bond acceptors (Lipinski definition) is 3. The summed E-state index contributed by atoms with van der Waals surface area (Å²) in [5, 5.41) is 3.06. The molecule has 0 aliphatic heterocycles. The van der Waals surface area contributed by atoms with Gasteiger partial charge in [0.25, 0.3) is 0 Å². The maximum atomic E-state index is 13.5. The first-order valence-corrected chi connectivity index (χ1v) is 11.3. The minimum absolute atomic E-state index is 0.0714. The Bertz CT molecular complexity index is 1020. The van der Waals surface area contributed by atoms with Crippen molar-refractivity contribution in [3.05, 3.63) is 102 Å². The number of nitrogens with one attached hydrogen (secondary N) is 1. The van der Waals surface area contributed by atoms with Gasteiger partial charge in [0.2, 0.25) is 11.8 Å². The molecule has 0 saturated carbocycles. The van der Waals surface area contributed by atoms with Crippen LogP contribution in [-0.4, -0.2) is 30.4 Å². The second-order valence-electron chi connectivity index (χ2n) is 8.31. The second kappa shape index (κ2) is 11.9. The summed E-state index contributed by atoms with van der Waals surface area (Å²) < 4.78 is 5.25. The van der Waals surface area contributed by atoms with Crippen molar-refractivity contribution in [3.8, 4) is 5.75 Å². The zero-order chi connectivity index (χ0) is 23.6. The van der Waals surface area contributed by atoms with Gasteiger partial charge in [-0.3, -0.25) is 9.59 Å². The molecule has 0 spiro atoms. The minimum atomic E-state index is -0.723. The Morgan fingerprint density at radius 2 is 1.45 bits per heavy atom. The van der Waals surface area contributed by atoms with Gasteiger partial charge in [-0.2, -0.15) is 0 Å². The van der Waals surface area contributed by atoms with Crippen LogP contribution in [0.1, 0.15) is 36.6 Å². The molecule has 3 aromatic rings.